The van der Waals surface area contributed by atoms with Crippen LogP contribution in [0, 0.1) is 17.8 Å². The van der Waals surface area contributed by atoms with Gasteiger partial charge in [-0.3, -0.25) is 24.0 Å². The van der Waals surface area contributed by atoms with Gasteiger partial charge in [0, 0.05) is 25.2 Å². The molecule has 2 rings (SSSR count). The van der Waals surface area contributed by atoms with Crippen molar-refractivity contribution in [1.82, 2.24) is 46.5 Å². The van der Waals surface area contributed by atoms with E-state index in [1.807, 2.05) is 41.5 Å². The van der Waals surface area contributed by atoms with Gasteiger partial charge in [-0.05, 0) is 43.9 Å². The van der Waals surface area contributed by atoms with E-state index >= 15 is 0 Å². The summed E-state index contributed by atoms with van der Waals surface area (Å²) in [6, 6.07) is -2.82. The Balaban J connectivity index is 1.98. The van der Waals surface area contributed by atoms with Crippen LogP contribution in [0.1, 0.15) is 110 Å². The van der Waals surface area contributed by atoms with Gasteiger partial charge in [-0.25, -0.2) is 14.8 Å². The number of carboxylic acid groups (broad SMARTS) is 1. The molecule has 0 fully saturated rings. The molecule has 4 amide bonds. The van der Waals surface area contributed by atoms with E-state index in [-0.39, 0.29) is 72.5 Å². The van der Waals surface area contributed by atoms with E-state index in [0.717, 1.165) is 6.33 Å². The van der Waals surface area contributed by atoms with Crippen LogP contribution in [0.2, 0.25) is 0 Å². The molecule has 0 saturated carbocycles. The molecule has 0 unspecified atom stereocenters. The topological polar surface area (TPSA) is 266 Å². The Kier molecular flexibility index (Phi) is 16.0. The first-order valence-electron chi connectivity index (χ1n) is 16.5. The Morgan fingerprint density at radius 1 is 0.694 bits per heavy atom. The summed E-state index contributed by atoms with van der Waals surface area (Å²) in [5.74, 6) is -3.81. The maximum Gasteiger partial charge on any atom is 0.326 e. The van der Waals surface area contributed by atoms with Crippen molar-refractivity contribution in [3.05, 3.63) is 35.4 Å². The highest BCUT2D eigenvalue weighted by Gasteiger charge is 2.29. The second kappa shape index (κ2) is 19.4. The third kappa shape index (κ3) is 13.1. The molecule has 0 aromatic carbocycles. The van der Waals surface area contributed by atoms with E-state index in [1.54, 1.807) is 6.92 Å². The number of nitrogens with two attached hydrogens (primary N) is 1. The highest BCUT2D eigenvalue weighted by molar-refractivity contribution is 6.06. The molecular formula is C32H52N10O7. The van der Waals surface area contributed by atoms with E-state index in [2.05, 4.69) is 46.5 Å². The lowest BCUT2D eigenvalue weighted by atomic mass is 9.99. The number of aromatic amines is 2. The van der Waals surface area contributed by atoms with Crippen LogP contribution in [0.5, 0.6) is 0 Å². The van der Waals surface area contributed by atoms with E-state index in [4.69, 9.17) is 5.73 Å². The lowest BCUT2D eigenvalue weighted by molar-refractivity contribution is -0.139. The number of amides is 4. The van der Waals surface area contributed by atoms with Gasteiger partial charge in [0.25, 0.3) is 23.6 Å². The van der Waals surface area contributed by atoms with Crippen LogP contribution in [0.25, 0.3) is 0 Å². The maximum absolute atomic E-state index is 13.2. The molecule has 2 aromatic heterocycles. The zero-order valence-electron chi connectivity index (χ0n) is 29.3. The SMILES string of the molecule is CC(C)C[C@@H](CN)NC(=O)c1nc[nH]c1C(=O)N[C@@H](CC(C)C)C(=O)CNC[C@H](C)NC(=O)c1nc[nH]c1C(=O)N[C@@H](CC(C)C)C(=O)O. The van der Waals surface area contributed by atoms with Crippen molar-refractivity contribution >= 4 is 35.4 Å². The number of hydrogen-bond donors (Lipinski definition) is 9. The van der Waals surface area contributed by atoms with Crippen LogP contribution in [0.15, 0.2) is 12.7 Å². The van der Waals surface area contributed by atoms with Crippen molar-refractivity contribution in [2.75, 3.05) is 19.6 Å². The summed E-state index contributed by atoms with van der Waals surface area (Å²) in [5, 5.41) is 23.1. The van der Waals surface area contributed by atoms with Crippen LogP contribution in [0.4, 0.5) is 0 Å². The minimum absolute atomic E-state index is 0.00904. The second-order valence-electron chi connectivity index (χ2n) is 13.4. The number of aliphatic carboxylic acids is 1. The molecule has 0 bridgehead atoms. The molecule has 2 heterocycles. The Bertz CT molecular complexity index is 1430. The zero-order chi connectivity index (χ0) is 36.8. The molecule has 0 aliphatic carbocycles. The summed E-state index contributed by atoms with van der Waals surface area (Å²) in [4.78, 5) is 89.8. The monoisotopic (exact) mass is 688 g/mol. The third-order valence-electron chi connectivity index (χ3n) is 7.38. The molecule has 17 heteroatoms. The van der Waals surface area contributed by atoms with Crippen LogP contribution >= 0.6 is 0 Å². The first-order chi connectivity index (χ1) is 23.0. The van der Waals surface area contributed by atoms with Gasteiger partial charge in [-0.2, -0.15) is 0 Å². The summed E-state index contributed by atoms with van der Waals surface area (Å²) in [6.07, 6.45) is 3.59. The number of nitrogens with one attached hydrogen (secondary N) is 7. The second-order valence-corrected chi connectivity index (χ2v) is 13.4. The van der Waals surface area contributed by atoms with Gasteiger partial charge in [-0.1, -0.05) is 41.5 Å². The molecule has 0 spiro atoms. The van der Waals surface area contributed by atoms with Gasteiger partial charge in [0.1, 0.15) is 17.4 Å². The summed E-state index contributed by atoms with van der Waals surface area (Å²) in [5.41, 5.74) is 5.23. The first kappa shape index (κ1) is 40.5. The molecule has 49 heavy (non-hydrogen) atoms. The summed E-state index contributed by atoms with van der Waals surface area (Å²) in [6.45, 7) is 13.4. The number of nitrogens with zero attached hydrogens (tertiary/aromatic N) is 2. The molecule has 0 aliphatic rings. The Morgan fingerprint density at radius 3 is 1.63 bits per heavy atom. The summed E-state index contributed by atoms with van der Waals surface area (Å²) < 4.78 is 0. The predicted octanol–water partition coefficient (Wildman–Crippen LogP) is 0.587. The average Bonchev–Trinajstić information content (AvgIpc) is 3.70. The van der Waals surface area contributed by atoms with E-state index < -0.39 is 47.7 Å². The molecule has 0 saturated heterocycles. The zero-order valence-corrected chi connectivity index (χ0v) is 29.3. The number of H-pyrrole nitrogens is 2. The van der Waals surface area contributed by atoms with Crippen LogP contribution in [-0.4, -0.2) is 104 Å². The smallest absolute Gasteiger partial charge is 0.326 e. The van der Waals surface area contributed by atoms with Gasteiger partial charge in [0.05, 0.1) is 25.2 Å². The number of ketones is 1. The number of imidazole rings is 2. The van der Waals surface area contributed by atoms with Crippen LogP contribution in [-0.2, 0) is 9.59 Å². The predicted molar refractivity (Wildman–Crippen MR) is 181 cm³/mol. The lowest BCUT2D eigenvalue weighted by Crippen LogP contribution is -2.48. The van der Waals surface area contributed by atoms with E-state index in [0.29, 0.717) is 18.8 Å². The largest absolute Gasteiger partial charge is 0.480 e. The molecule has 0 aliphatic heterocycles. The van der Waals surface area contributed by atoms with Crippen LogP contribution in [0.3, 0.4) is 0 Å². The summed E-state index contributed by atoms with van der Waals surface area (Å²) >= 11 is 0. The van der Waals surface area contributed by atoms with Crippen molar-refractivity contribution in [2.24, 2.45) is 23.5 Å². The highest BCUT2D eigenvalue weighted by atomic mass is 16.4. The number of Topliss-reactive ketones (excluding diaryl/α,β-unsaturated/α-hetero) is 1. The standard InChI is InChI=1S/C32H52N10O7/c1-16(2)8-20(11-33)40-29(45)25-27(38-15-36-25)30(46)41-21(9-17(3)4)23(43)13-34-12-19(7)39-28(44)24-26(37-14-35-24)31(47)42-22(32(48)49)10-18(5)6/h14-22,34H,8-13,33H2,1-7H3,(H,35,37)(H,36,38)(H,39,44)(H,40,45)(H,41,46)(H,42,47)(H,48,49)/t19-,20-,21-,22-/m0/s1. The Morgan fingerprint density at radius 2 is 1.16 bits per heavy atom. The lowest BCUT2D eigenvalue weighted by Gasteiger charge is -2.21. The number of hydrogen-bond acceptors (Lipinski definition) is 10. The fourth-order valence-corrected chi connectivity index (χ4v) is 5.09. The first-order valence-corrected chi connectivity index (χ1v) is 16.5. The Labute approximate surface area is 286 Å². The molecule has 0 radical (unpaired) electrons. The van der Waals surface area contributed by atoms with Gasteiger partial charge in [0.15, 0.2) is 17.2 Å². The molecule has 10 N–H and O–H groups in total. The number of rotatable bonds is 21. The molecule has 4 atom stereocenters. The average molecular weight is 689 g/mol. The normalized spacial score (nSPS) is 13.9. The highest BCUT2D eigenvalue weighted by Crippen LogP contribution is 2.11. The van der Waals surface area contributed by atoms with Gasteiger partial charge in [0.2, 0.25) is 0 Å². The maximum atomic E-state index is 13.2. The number of carbonyl (C=O) groups excluding carboxylic acids is 5. The molecular weight excluding hydrogens is 636 g/mol. The number of aromatic nitrogens is 4. The molecule has 272 valence electrons. The van der Waals surface area contributed by atoms with Gasteiger partial charge >= 0.3 is 5.97 Å². The fraction of sp³-hybridized carbons (Fsp3) is 0.625. The minimum atomic E-state index is -1.19. The van der Waals surface area contributed by atoms with Crippen molar-refractivity contribution < 1.29 is 33.9 Å². The molecule has 17 nitrogen and oxygen atoms in total. The minimum Gasteiger partial charge on any atom is -0.480 e. The van der Waals surface area contributed by atoms with Crippen molar-refractivity contribution in [3.8, 4) is 0 Å². The van der Waals surface area contributed by atoms with Crippen molar-refractivity contribution in [1.29, 1.82) is 0 Å². The number of carboxylic acids is 1. The summed E-state index contributed by atoms with van der Waals surface area (Å²) in [7, 11) is 0. The Hall–Kier alpha value is -4.64. The molecule has 2 aromatic rings. The van der Waals surface area contributed by atoms with E-state index in [1.165, 1.54) is 6.33 Å². The van der Waals surface area contributed by atoms with Gasteiger partial charge < -0.3 is 47.4 Å². The van der Waals surface area contributed by atoms with Gasteiger partial charge in [-0.15, -0.1) is 0 Å². The quantitative estimate of drug-likeness (QED) is 0.0876. The van der Waals surface area contributed by atoms with Crippen molar-refractivity contribution in [2.45, 2.75) is 91.9 Å². The van der Waals surface area contributed by atoms with E-state index in [9.17, 15) is 33.9 Å². The third-order valence-corrected chi connectivity index (χ3v) is 7.38. The fourth-order valence-electron chi connectivity index (χ4n) is 5.09. The van der Waals surface area contributed by atoms with Crippen LogP contribution < -0.4 is 32.3 Å². The number of carbonyl (C=O) groups is 6. The van der Waals surface area contributed by atoms with Crippen molar-refractivity contribution in [3.63, 3.8) is 0 Å².